The third-order valence-corrected chi connectivity index (χ3v) is 2.40. The van der Waals surface area contributed by atoms with Crippen LogP contribution in [0.25, 0.3) is 11.5 Å². The van der Waals surface area contributed by atoms with Gasteiger partial charge in [-0.25, -0.2) is 9.97 Å². The molecular weight excluding hydrogens is 214 g/mol. The quantitative estimate of drug-likeness (QED) is 0.790. The van der Waals surface area contributed by atoms with Crippen molar-refractivity contribution in [2.24, 2.45) is 7.05 Å². The van der Waals surface area contributed by atoms with Crippen LogP contribution in [0.5, 0.6) is 0 Å². The molecule has 17 heavy (non-hydrogen) atoms. The lowest BCUT2D eigenvalue weighted by atomic mass is 10.3. The number of aromatic nitrogens is 4. The molecule has 2 aromatic heterocycles. The molecule has 0 aliphatic carbocycles. The molecule has 1 N–H and O–H groups in total. The Bertz CT molecular complexity index is 460. The van der Waals surface area contributed by atoms with E-state index in [1.165, 1.54) is 0 Å². The van der Waals surface area contributed by atoms with E-state index in [1.807, 2.05) is 31.7 Å². The van der Waals surface area contributed by atoms with Crippen molar-refractivity contribution in [1.29, 1.82) is 0 Å². The first-order valence-electron chi connectivity index (χ1n) is 5.81. The van der Waals surface area contributed by atoms with Crippen LogP contribution >= 0.6 is 0 Å². The minimum absolute atomic E-state index is 0.671. The fourth-order valence-electron chi connectivity index (χ4n) is 1.52. The number of hydrogen-bond donors (Lipinski definition) is 1. The van der Waals surface area contributed by atoms with Crippen LogP contribution in [-0.2, 0) is 13.6 Å². The van der Waals surface area contributed by atoms with E-state index in [4.69, 9.17) is 0 Å². The highest BCUT2D eigenvalue weighted by atomic mass is 15.3. The van der Waals surface area contributed by atoms with Crippen LogP contribution in [0.15, 0.2) is 24.7 Å². The number of nitrogens with one attached hydrogen (secondary N) is 1. The molecule has 0 saturated carbocycles. The van der Waals surface area contributed by atoms with Crippen molar-refractivity contribution >= 4 is 0 Å². The molecule has 0 bridgehead atoms. The van der Waals surface area contributed by atoms with Gasteiger partial charge in [0.2, 0.25) is 0 Å². The van der Waals surface area contributed by atoms with E-state index in [2.05, 4.69) is 27.3 Å². The molecular formula is C12H17N5. The van der Waals surface area contributed by atoms with Gasteiger partial charge >= 0.3 is 0 Å². The Balaban J connectivity index is 2.02. The van der Waals surface area contributed by atoms with Crippen LogP contribution in [-0.4, -0.2) is 26.3 Å². The zero-order valence-corrected chi connectivity index (χ0v) is 10.2. The van der Waals surface area contributed by atoms with E-state index >= 15 is 0 Å². The average Bonchev–Trinajstić information content (AvgIpc) is 2.77. The van der Waals surface area contributed by atoms with Gasteiger partial charge in [-0.3, -0.25) is 4.68 Å². The first-order chi connectivity index (χ1) is 8.29. The molecule has 0 saturated heterocycles. The maximum Gasteiger partial charge on any atom is 0.180 e. The molecule has 2 aromatic rings. The predicted molar refractivity (Wildman–Crippen MR) is 66.2 cm³/mol. The summed E-state index contributed by atoms with van der Waals surface area (Å²) in [6, 6.07) is 1.91. The van der Waals surface area contributed by atoms with E-state index in [0.717, 1.165) is 30.8 Å². The third-order valence-electron chi connectivity index (χ3n) is 2.40. The second kappa shape index (κ2) is 5.54. The maximum atomic E-state index is 4.31. The van der Waals surface area contributed by atoms with E-state index < -0.39 is 0 Å². The van der Waals surface area contributed by atoms with Gasteiger partial charge in [0.1, 0.15) is 5.69 Å². The summed E-state index contributed by atoms with van der Waals surface area (Å²) in [5.74, 6) is 0.671. The molecule has 0 aliphatic rings. The molecule has 90 valence electrons. The number of rotatable bonds is 5. The largest absolute Gasteiger partial charge is 0.313 e. The van der Waals surface area contributed by atoms with Gasteiger partial charge in [0, 0.05) is 37.7 Å². The minimum Gasteiger partial charge on any atom is -0.313 e. The standard InChI is InChI=1S/C12H17N5/c1-3-5-13-7-10-8-14-12(15-9-10)11-4-6-17(2)16-11/h4,6,8-9,13H,3,5,7H2,1-2H3. The Morgan fingerprint density at radius 2 is 2.06 bits per heavy atom. The lowest BCUT2D eigenvalue weighted by Crippen LogP contribution is -2.14. The zero-order valence-electron chi connectivity index (χ0n) is 10.2. The van der Waals surface area contributed by atoms with Gasteiger partial charge in [0.05, 0.1) is 0 Å². The van der Waals surface area contributed by atoms with Gasteiger partial charge in [0.15, 0.2) is 5.82 Å². The third kappa shape index (κ3) is 3.10. The van der Waals surface area contributed by atoms with Crippen molar-refractivity contribution < 1.29 is 0 Å². The highest BCUT2D eigenvalue weighted by molar-refractivity contribution is 5.47. The Kier molecular flexibility index (Phi) is 3.82. The Labute approximate surface area is 101 Å². The number of hydrogen-bond acceptors (Lipinski definition) is 4. The number of nitrogens with zero attached hydrogens (tertiary/aromatic N) is 4. The lowest BCUT2D eigenvalue weighted by molar-refractivity contribution is 0.672. The molecule has 2 heterocycles. The Hall–Kier alpha value is -1.75. The zero-order chi connectivity index (χ0) is 12.1. The molecule has 5 heteroatoms. The summed E-state index contributed by atoms with van der Waals surface area (Å²) in [7, 11) is 1.88. The average molecular weight is 231 g/mol. The molecule has 0 amide bonds. The second-order valence-corrected chi connectivity index (χ2v) is 3.97. The Morgan fingerprint density at radius 1 is 1.29 bits per heavy atom. The molecule has 2 rings (SSSR count). The van der Waals surface area contributed by atoms with Crippen LogP contribution in [0.1, 0.15) is 18.9 Å². The van der Waals surface area contributed by atoms with Crippen LogP contribution in [0.2, 0.25) is 0 Å². The summed E-state index contributed by atoms with van der Waals surface area (Å²) < 4.78 is 1.75. The van der Waals surface area contributed by atoms with Crippen molar-refractivity contribution in [2.75, 3.05) is 6.54 Å². The fraction of sp³-hybridized carbons (Fsp3) is 0.417. The topological polar surface area (TPSA) is 55.6 Å². The van der Waals surface area contributed by atoms with Gasteiger partial charge in [0.25, 0.3) is 0 Å². The molecule has 0 radical (unpaired) electrons. The molecule has 0 fully saturated rings. The monoisotopic (exact) mass is 231 g/mol. The normalized spacial score (nSPS) is 10.7. The minimum atomic E-state index is 0.671. The van der Waals surface area contributed by atoms with Crippen molar-refractivity contribution in [3.05, 3.63) is 30.2 Å². The SMILES string of the molecule is CCCNCc1cnc(-c2ccn(C)n2)nc1. The summed E-state index contributed by atoms with van der Waals surface area (Å²) in [4.78, 5) is 8.63. The van der Waals surface area contributed by atoms with Gasteiger partial charge in [-0.15, -0.1) is 0 Å². The van der Waals surface area contributed by atoms with Crippen LogP contribution in [0.3, 0.4) is 0 Å². The van der Waals surface area contributed by atoms with E-state index in [1.54, 1.807) is 4.68 Å². The van der Waals surface area contributed by atoms with E-state index in [9.17, 15) is 0 Å². The van der Waals surface area contributed by atoms with Crippen molar-refractivity contribution in [2.45, 2.75) is 19.9 Å². The molecule has 5 nitrogen and oxygen atoms in total. The predicted octanol–water partition coefficient (Wildman–Crippen LogP) is 1.38. The van der Waals surface area contributed by atoms with Gasteiger partial charge < -0.3 is 5.32 Å². The van der Waals surface area contributed by atoms with Crippen molar-refractivity contribution in [1.82, 2.24) is 25.1 Å². The second-order valence-electron chi connectivity index (χ2n) is 3.97. The Morgan fingerprint density at radius 3 is 2.65 bits per heavy atom. The molecule has 0 spiro atoms. The molecule has 0 aliphatic heterocycles. The highest BCUT2D eigenvalue weighted by Crippen LogP contribution is 2.10. The first kappa shape index (κ1) is 11.7. The van der Waals surface area contributed by atoms with Gasteiger partial charge in [-0.1, -0.05) is 6.92 Å². The van der Waals surface area contributed by atoms with Crippen LogP contribution in [0, 0.1) is 0 Å². The van der Waals surface area contributed by atoms with Crippen molar-refractivity contribution in [3.8, 4) is 11.5 Å². The molecule has 0 aromatic carbocycles. The maximum absolute atomic E-state index is 4.31. The van der Waals surface area contributed by atoms with Crippen LogP contribution in [0.4, 0.5) is 0 Å². The van der Waals surface area contributed by atoms with Crippen LogP contribution < -0.4 is 5.32 Å². The summed E-state index contributed by atoms with van der Waals surface area (Å²) >= 11 is 0. The van der Waals surface area contributed by atoms with Gasteiger partial charge in [-0.2, -0.15) is 5.10 Å². The molecule has 0 atom stereocenters. The fourth-order valence-corrected chi connectivity index (χ4v) is 1.52. The van der Waals surface area contributed by atoms with Gasteiger partial charge in [-0.05, 0) is 19.0 Å². The summed E-state index contributed by atoms with van der Waals surface area (Å²) in [6.45, 7) is 3.98. The highest BCUT2D eigenvalue weighted by Gasteiger charge is 2.03. The summed E-state index contributed by atoms with van der Waals surface area (Å²) in [5.41, 5.74) is 1.90. The number of aryl methyl sites for hydroxylation is 1. The van der Waals surface area contributed by atoms with Crippen molar-refractivity contribution in [3.63, 3.8) is 0 Å². The lowest BCUT2D eigenvalue weighted by Gasteiger charge is -2.02. The summed E-state index contributed by atoms with van der Waals surface area (Å²) in [6.07, 6.45) is 6.71. The summed E-state index contributed by atoms with van der Waals surface area (Å²) in [5, 5.41) is 7.58. The smallest absolute Gasteiger partial charge is 0.180 e. The first-order valence-corrected chi connectivity index (χ1v) is 5.81. The molecule has 0 unspecified atom stereocenters. The van der Waals surface area contributed by atoms with E-state index in [0.29, 0.717) is 5.82 Å². The van der Waals surface area contributed by atoms with E-state index in [-0.39, 0.29) is 0 Å².